The number of likely N-dealkylation sites (N-methyl/N-ethyl adjacent to an activating group) is 1. The maximum atomic E-state index is 11.7. The predicted octanol–water partition coefficient (Wildman–Crippen LogP) is 0.0574. The molecule has 0 spiro atoms. The average Bonchev–Trinajstić information content (AvgIpc) is 2.48. The molecule has 16 heavy (non-hydrogen) atoms. The Morgan fingerprint density at radius 2 is 2.31 bits per heavy atom. The summed E-state index contributed by atoms with van der Waals surface area (Å²) in [6.07, 6.45) is -0.561. The number of aryl methyl sites for hydroxylation is 1. The molecule has 1 atom stereocenters. The second-order valence-corrected chi connectivity index (χ2v) is 4.67. The van der Waals surface area contributed by atoms with E-state index in [0.717, 1.165) is 17.0 Å². The molecule has 0 aliphatic carbocycles. The van der Waals surface area contributed by atoms with Gasteiger partial charge in [0.2, 0.25) is 5.91 Å². The summed E-state index contributed by atoms with van der Waals surface area (Å²) in [6, 6.07) is 0. The van der Waals surface area contributed by atoms with Crippen LogP contribution < -0.4 is 4.87 Å². The van der Waals surface area contributed by atoms with Gasteiger partial charge in [0.05, 0.1) is 6.10 Å². The van der Waals surface area contributed by atoms with E-state index in [1.54, 1.807) is 26.3 Å². The lowest BCUT2D eigenvalue weighted by molar-refractivity contribution is -0.131. The van der Waals surface area contributed by atoms with E-state index < -0.39 is 6.10 Å². The van der Waals surface area contributed by atoms with Gasteiger partial charge in [0.1, 0.15) is 6.54 Å². The van der Waals surface area contributed by atoms with Crippen LogP contribution in [0.15, 0.2) is 10.2 Å². The van der Waals surface area contributed by atoms with Gasteiger partial charge in [-0.05, 0) is 13.8 Å². The molecule has 1 rings (SSSR count). The zero-order valence-corrected chi connectivity index (χ0v) is 10.5. The molecule has 0 aliphatic heterocycles. The lowest BCUT2D eigenvalue weighted by Crippen LogP contribution is -2.37. The summed E-state index contributed by atoms with van der Waals surface area (Å²) in [4.78, 5) is 24.4. The summed E-state index contributed by atoms with van der Waals surface area (Å²) in [5.74, 6) is -0.176. The minimum Gasteiger partial charge on any atom is -0.392 e. The molecule has 6 heteroatoms. The Morgan fingerprint density at radius 1 is 1.69 bits per heavy atom. The third-order valence-corrected chi connectivity index (χ3v) is 3.11. The Balaban J connectivity index is 2.68. The third kappa shape index (κ3) is 3.18. The van der Waals surface area contributed by atoms with Crippen molar-refractivity contribution in [1.82, 2.24) is 9.47 Å². The minimum atomic E-state index is -0.561. The van der Waals surface area contributed by atoms with Crippen molar-refractivity contribution in [2.45, 2.75) is 26.5 Å². The maximum Gasteiger partial charge on any atom is 0.307 e. The molecule has 0 fully saturated rings. The van der Waals surface area contributed by atoms with Crippen molar-refractivity contribution in [2.75, 3.05) is 13.6 Å². The largest absolute Gasteiger partial charge is 0.392 e. The van der Waals surface area contributed by atoms with Crippen molar-refractivity contribution in [2.24, 2.45) is 0 Å². The van der Waals surface area contributed by atoms with Gasteiger partial charge < -0.3 is 10.0 Å². The molecule has 1 unspecified atom stereocenters. The smallest absolute Gasteiger partial charge is 0.307 e. The van der Waals surface area contributed by atoms with E-state index in [1.807, 2.05) is 0 Å². The molecule has 1 N–H and O–H groups in total. The van der Waals surface area contributed by atoms with Crippen LogP contribution in [0, 0.1) is 6.92 Å². The van der Waals surface area contributed by atoms with Crippen LogP contribution >= 0.6 is 11.3 Å². The van der Waals surface area contributed by atoms with E-state index in [4.69, 9.17) is 5.11 Å². The fourth-order valence-electron chi connectivity index (χ4n) is 1.35. The molecule has 90 valence electrons. The number of hydrogen-bond acceptors (Lipinski definition) is 4. The summed E-state index contributed by atoms with van der Waals surface area (Å²) in [7, 11) is 1.61. The molecule has 1 aromatic rings. The molecule has 0 saturated carbocycles. The first-order valence-electron chi connectivity index (χ1n) is 4.98. The number of amides is 1. The monoisotopic (exact) mass is 244 g/mol. The van der Waals surface area contributed by atoms with Crippen LogP contribution in [0.2, 0.25) is 0 Å². The Hall–Kier alpha value is -1.14. The number of nitrogens with zero attached hydrogens (tertiary/aromatic N) is 2. The van der Waals surface area contributed by atoms with Crippen LogP contribution in [0.1, 0.15) is 12.6 Å². The van der Waals surface area contributed by atoms with Gasteiger partial charge >= 0.3 is 4.87 Å². The van der Waals surface area contributed by atoms with Gasteiger partial charge in [0, 0.05) is 24.7 Å². The zero-order chi connectivity index (χ0) is 12.3. The Morgan fingerprint density at radius 3 is 2.75 bits per heavy atom. The van der Waals surface area contributed by atoms with Crippen LogP contribution in [0.25, 0.3) is 0 Å². The van der Waals surface area contributed by atoms with Gasteiger partial charge in [-0.3, -0.25) is 14.2 Å². The number of aromatic nitrogens is 1. The number of aliphatic hydroxyl groups is 1. The number of rotatable bonds is 4. The number of aliphatic hydroxyl groups excluding tert-OH is 1. The standard InChI is InChI=1S/C10H16N2O3S/c1-7-6-16-10(15)12(7)5-9(14)11(3)4-8(2)13/h6,8,13H,4-5H2,1-3H3. The van der Waals surface area contributed by atoms with Crippen molar-refractivity contribution >= 4 is 17.2 Å². The summed E-state index contributed by atoms with van der Waals surface area (Å²) >= 11 is 1.09. The molecule has 0 saturated heterocycles. The first-order chi connectivity index (χ1) is 7.41. The fraction of sp³-hybridized carbons (Fsp3) is 0.600. The Labute approximate surface area is 97.9 Å². The number of thiazole rings is 1. The quantitative estimate of drug-likeness (QED) is 0.814. The lowest BCUT2D eigenvalue weighted by atomic mass is 10.3. The summed E-state index contributed by atoms with van der Waals surface area (Å²) in [5, 5.41) is 10.9. The second kappa shape index (κ2) is 5.27. The highest BCUT2D eigenvalue weighted by Crippen LogP contribution is 2.00. The van der Waals surface area contributed by atoms with E-state index >= 15 is 0 Å². The summed E-state index contributed by atoms with van der Waals surface area (Å²) < 4.78 is 1.44. The van der Waals surface area contributed by atoms with Crippen LogP contribution in [0.3, 0.4) is 0 Å². The molecule has 1 heterocycles. The molecule has 0 aliphatic rings. The van der Waals surface area contributed by atoms with E-state index in [-0.39, 0.29) is 23.9 Å². The van der Waals surface area contributed by atoms with Gasteiger partial charge in [0.25, 0.3) is 0 Å². The molecule has 1 amide bonds. The number of hydrogen-bond donors (Lipinski definition) is 1. The molecular formula is C10H16N2O3S. The minimum absolute atomic E-state index is 0.0391. The molecule has 0 bridgehead atoms. The molecule has 1 aromatic heterocycles. The van der Waals surface area contributed by atoms with Crippen molar-refractivity contribution in [1.29, 1.82) is 0 Å². The number of carbonyl (C=O) groups excluding carboxylic acids is 1. The van der Waals surface area contributed by atoms with Gasteiger partial charge in [0.15, 0.2) is 0 Å². The van der Waals surface area contributed by atoms with Gasteiger partial charge in [-0.2, -0.15) is 0 Å². The zero-order valence-electron chi connectivity index (χ0n) is 9.64. The normalized spacial score (nSPS) is 12.5. The lowest BCUT2D eigenvalue weighted by Gasteiger charge is -2.19. The molecular weight excluding hydrogens is 228 g/mol. The van der Waals surface area contributed by atoms with Gasteiger partial charge in [-0.1, -0.05) is 11.3 Å². The van der Waals surface area contributed by atoms with Gasteiger partial charge in [-0.25, -0.2) is 0 Å². The fourth-order valence-corrected chi connectivity index (χ4v) is 2.08. The highest BCUT2D eigenvalue weighted by molar-refractivity contribution is 7.07. The Bertz CT molecular complexity index is 422. The highest BCUT2D eigenvalue weighted by Gasteiger charge is 2.13. The van der Waals surface area contributed by atoms with Crippen molar-refractivity contribution in [3.63, 3.8) is 0 Å². The molecule has 0 aromatic carbocycles. The maximum absolute atomic E-state index is 11.7. The van der Waals surface area contributed by atoms with Crippen LogP contribution in [0.4, 0.5) is 0 Å². The summed E-state index contributed by atoms with van der Waals surface area (Å²) in [6.45, 7) is 3.72. The topological polar surface area (TPSA) is 62.5 Å². The Kier molecular flexibility index (Phi) is 4.26. The van der Waals surface area contributed by atoms with Crippen molar-refractivity contribution in [3.05, 3.63) is 20.7 Å². The van der Waals surface area contributed by atoms with Crippen molar-refractivity contribution < 1.29 is 9.90 Å². The first kappa shape index (κ1) is 12.9. The van der Waals surface area contributed by atoms with E-state index in [2.05, 4.69) is 0 Å². The average molecular weight is 244 g/mol. The van der Waals surface area contributed by atoms with Crippen LogP contribution in [0.5, 0.6) is 0 Å². The summed E-state index contributed by atoms with van der Waals surface area (Å²) in [5.41, 5.74) is 0.786. The first-order valence-corrected chi connectivity index (χ1v) is 5.86. The second-order valence-electron chi connectivity index (χ2n) is 3.85. The van der Waals surface area contributed by atoms with Gasteiger partial charge in [-0.15, -0.1) is 0 Å². The van der Waals surface area contributed by atoms with Crippen LogP contribution in [-0.4, -0.2) is 40.2 Å². The SMILES string of the molecule is Cc1csc(=O)n1CC(=O)N(C)CC(C)O. The molecule has 5 nitrogen and oxygen atoms in total. The highest BCUT2D eigenvalue weighted by atomic mass is 32.1. The van der Waals surface area contributed by atoms with Crippen molar-refractivity contribution in [3.8, 4) is 0 Å². The van der Waals surface area contributed by atoms with E-state index in [0.29, 0.717) is 0 Å². The molecule has 0 radical (unpaired) electrons. The van der Waals surface area contributed by atoms with E-state index in [9.17, 15) is 9.59 Å². The third-order valence-electron chi connectivity index (χ3n) is 2.23. The van der Waals surface area contributed by atoms with E-state index in [1.165, 1.54) is 9.47 Å². The number of carbonyl (C=O) groups is 1. The van der Waals surface area contributed by atoms with Crippen LogP contribution in [-0.2, 0) is 11.3 Å². The predicted molar refractivity (Wildman–Crippen MR) is 62.6 cm³/mol.